The van der Waals surface area contributed by atoms with E-state index in [1.54, 1.807) is 9.58 Å². The highest BCUT2D eigenvalue weighted by molar-refractivity contribution is 9.10. The van der Waals surface area contributed by atoms with E-state index in [1.807, 2.05) is 61.5 Å². The lowest BCUT2D eigenvalue weighted by atomic mass is 9.92. The Labute approximate surface area is 222 Å². The van der Waals surface area contributed by atoms with Gasteiger partial charge in [-0.15, -0.1) is 0 Å². The summed E-state index contributed by atoms with van der Waals surface area (Å²) in [6.45, 7) is 12.9. The fourth-order valence-corrected chi connectivity index (χ4v) is 4.01. The molecule has 0 spiro atoms. The lowest BCUT2D eigenvalue weighted by Crippen LogP contribution is -2.41. The summed E-state index contributed by atoms with van der Waals surface area (Å²) in [4.78, 5) is 27.9. The van der Waals surface area contributed by atoms with Crippen LogP contribution in [0, 0.1) is 12.8 Å². The van der Waals surface area contributed by atoms with Gasteiger partial charge in [0.05, 0.1) is 11.4 Å². The molecule has 0 aliphatic carbocycles. The summed E-state index contributed by atoms with van der Waals surface area (Å²) >= 11 is 3.43. The van der Waals surface area contributed by atoms with Gasteiger partial charge < -0.3 is 15.5 Å². The Kier molecular flexibility index (Phi) is 8.95. The first-order valence-corrected chi connectivity index (χ1v) is 13.0. The number of para-hydroxylation sites is 1. The van der Waals surface area contributed by atoms with Crippen LogP contribution in [0.3, 0.4) is 0 Å². The van der Waals surface area contributed by atoms with Crippen LogP contribution < -0.4 is 10.6 Å². The summed E-state index contributed by atoms with van der Waals surface area (Å²) < 4.78 is 2.64. The smallest absolute Gasteiger partial charge is 0.315 e. The van der Waals surface area contributed by atoms with Crippen LogP contribution in [0.5, 0.6) is 0 Å². The molecule has 0 atom stereocenters. The van der Waals surface area contributed by atoms with E-state index in [1.165, 1.54) is 0 Å². The SMILES string of the molecule is Cc1ccccc1-n1nc(C(C)(C)C)cc1NC(=O)CN(CCC(C)C)C(=O)Nc1cccc(Br)c1. The Balaban J connectivity index is 1.83. The molecule has 1 aromatic heterocycles. The zero-order valence-corrected chi connectivity index (χ0v) is 23.5. The fraction of sp³-hybridized carbons (Fsp3) is 0.393. The van der Waals surface area contributed by atoms with Crippen LogP contribution in [0.25, 0.3) is 5.69 Å². The number of aryl methyl sites for hydroxylation is 1. The number of nitrogens with zero attached hydrogens (tertiary/aromatic N) is 3. The second kappa shape index (κ2) is 11.7. The Morgan fingerprint density at radius 3 is 2.42 bits per heavy atom. The van der Waals surface area contributed by atoms with E-state index in [9.17, 15) is 9.59 Å². The van der Waals surface area contributed by atoms with Crippen molar-refractivity contribution in [3.63, 3.8) is 0 Å². The summed E-state index contributed by atoms with van der Waals surface area (Å²) in [7, 11) is 0. The molecule has 3 aromatic rings. The number of benzene rings is 2. The number of carbonyl (C=O) groups is 2. The van der Waals surface area contributed by atoms with Gasteiger partial charge in [-0.05, 0) is 49.1 Å². The average Bonchev–Trinajstić information content (AvgIpc) is 3.20. The van der Waals surface area contributed by atoms with E-state index in [4.69, 9.17) is 5.10 Å². The van der Waals surface area contributed by atoms with E-state index in [2.05, 4.69) is 61.2 Å². The monoisotopic (exact) mass is 553 g/mol. The maximum absolute atomic E-state index is 13.2. The van der Waals surface area contributed by atoms with Gasteiger partial charge >= 0.3 is 6.03 Å². The number of hydrogen-bond donors (Lipinski definition) is 2. The van der Waals surface area contributed by atoms with Crippen LogP contribution in [-0.4, -0.2) is 39.7 Å². The molecule has 3 amide bonds. The molecular formula is C28H36BrN5O2. The zero-order valence-electron chi connectivity index (χ0n) is 21.9. The predicted molar refractivity (Wildman–Crippen MR) is 150 cm³/mol. The summed E-state index contributed by atoms with van der Waals surface area (Å²) in [5.74, 6) is 0.694. The van der Waals surface area contributed by atoms with Crippen molar-refractivity contribution >= 4 is 39.4 Å². The number of rotatable bonds is 8. The molecule has 0 radical (unpaired) electrons. The molecule has 3 rings (SSSR count). The molecule has 36 heavy (non-hydrogen) atoms. The molecule has 192 valence electrons. The molecule has 0 saturated carbocycles. The molecule has 0 saturated heterocycles. The van der Waals surface area contributed by atoms with Gasteiger partial charge in [-0.1, -0.05) is 74.8 Å². The largest absolute Gasteiger partial charge is 0.322 e. The third-order valence-corrected chi connectivity index (χ3v) is 6.26. The van der Waals surface area contributed by atoms with Gasteiger partial charge in [0.1, 0.15) is 12.4 Å². The molecular weight excluding hydrogens is 518 g/mol. The first-order chi connectivity index (χ1) is 16.9. The number of nitrogens with one attached hydrogen (secondary N) is 2. The van der Waals surface area contributed by atoms with Crippen LogP contribution in [0.1, 0.15) is 52.3 Å². The van der Waals surface area contributed by atoms with Crippen molar-refractivity contribution < 1.29 is 9.59 Å². The van der Waals surface area contributed by atoms with Gasteiger partial charge in [0, 0.05) is 28.2 Å². The Bertz CT molecular complexity index is 1210. The zero-order chi connectivity index (χ0) is 26.5. The standard InChI is InChI=1S/C28H36BrN5O2/c1-19(2)14-15-33(27(36)30-22-12-9-11-21(29)16-22)18-26(35)31-25-17-24(28(4,5)6)32-34(25)23-13-8-7-10-20(23)3/h7-13,16-17,19H,14-15,18H2,1-6H3,(H,30,36)(H,31,35). The number of amides is 3. The van der Waals surface area contributed by atoms with Crippen LogP contribution in [0.4, 0.5) is 16.3 Å². The van der Waals surface area contributed by atoms with Gasteiger partial charge in [0.25, 0.3) is 0 Å². The number of urea groups is 1. The van der Waals surface area contributed by atoms with Crippen molar-refractivity contribution in [2.45, 2.75) is 53.4 Å². The Morgan fingerprint density at radius 2 is 1.78 bits per heavy atom. The molecule has 7 nitrogen and oxygen atoms in total. The lowest BCUT2D eigenvalue weighted by molar-refractivity contribution is -0.116. The summed E-state index contributed by atoms with van der Waals surface area (Å²) in [5, 5.41) is 10.7. The minimum atomic E-state index is -0.313. The number of carbonyl (C=O) groups excluding carboxylic acids is 2. The van der Waals surface area contributed by atoms with Crippen LogP contribution in [0.2, 0.25) is 0 Å². The van der Waals surface area contributed by atoms with Crippen molar-refractivity contribution in [2.75, 3.05) is 23.7 Å². The Hall–Kier alpha value is -3.13. The van der Waals surface area contributed by atoms with E-state index in [0.717, 1.165) is 27.8 Å². The van der Waals surface area contributed by atoms with Crippen molar-refractivity contribution in [1.29, 1.82) is 0 Å². The quantitative estimate of drug-likeness (QED) is 0.323. The minimum Gasteiger partial charge on any atom is -0.315 e. The number of halogens is 1. The molecule has 2 aromatic carbocycles. The third kappa shape index (κ3) is 7.43. The average molecular weight is 555 g/mol. The van der Waals surface area contributed by atoms with E-state index >= 15 is 0 Å². The van der Waals surface area contributed by atoms with Gasteiger partial charge in [0.2, 0.25) is 5.91 Å². The van der Waals surface area contributed by atoms with Crippen molar-refractivity contribution in [2.24, 2.45) is 5.92 Å². The first kappa shape index (κ1) is 27.5. The topological polar surface area (TPSA) is 79.3 Å². The maximum Gasteiger partial charge on any atom is 0.322 e. The molecule has 8 heteroatoms. The Morgan fingerprint density at radius 1 is 1.06 bits per heavy atom. The van der Waals surface area contributed by atoms with Gasteiger partial charge in [0.15, 0.2) is 0 Å². The highest BCUT2D eigenvalue weighted by Gasteiger charge is 2.23. The third-order valence-electron chi connectivity index (χ3n) is 5.76. The predicted octanol–water partition coefficient (Wildman–Crippen LogP) is 6.76. The molecule has 0 aliphatic rings. The molecule has 2 N–H and O–H groups in total. The van der Waals surface area contributed by atoms with Crippen LogP contribution in [0.15, 0.2) is 59.1 Å². The van der Waals surface area contributed by atoms with Crippen molar-refractivity contribution in [3.8, 4) is 5.69 Å². The van der Waals surface area contributed by atoms with Gasteiger partial charge in [-0.25, -0.2) is 9.48 Å². The fourth-order valence-electron chi connectivity index (χ4n) is 3.61. The summed E-state index contributed by atoms with van der Waals surface area (Å²) in [5.41, 5.74) is 3.28. The van der Waals surface area contributed by atoms with Crippen molar-refractivity contribution in [1.82, 2.24) is 14.7 Å². The minimum absolute atomic E-state index is 0.0731. The summed E-state index contributed by atoms with van der Waals surface area (Å²) in [6.07, 6.45) is 0.786. The van der Waals surface area contributed by atoms with Crippen LogP contribution in [-0.2, 0) is 10.2 Å². The van der Waals surface area contributed by atoms with Gasteiger partial charge in [-0.2, -0.15) is 5.10 Å². The maximum atomic E-state index is 13.2. The van der Waals surface area contributed by atoms with E-state index in [0.29, 0.717) is 24.0 Å². The van der Waals surface area contributed by atoms with E-state index < -0.39 is 0 Å². The van der Waals surface area contributed by atoms with Crippen molar-refractivity contribution in [3.05, 3.63) is 70.3 Å². The number of anilines is 2. The normalized spacial score (nSPS) is 11.4. The molecule has 0 unspecified atom stereocenters. The molecule has 0 bridgehead atoms. The number of hydrogen-bond acceptors (Lipinski definition) is 3. The summed E-state index contributed by atoms with van der Waals surface area (Å²) in [6, 6.07) is 16.9. The molecule has 0 aliphatic heterocycles. The first-order valence-electron chi connectivity index (χ1n) is 12.2. The highest BCUT2D eigenvalue weighted by atomic mass is 79.9. The second-order valence-electron chi connectivity index (χ2n) is 10.5. The highest BCUT2D eigenvalue weighted by Crippen LogP contribution is 2.27. The second-order valence-corrected chi connectivity index (χ2v) is 11.4. The van der Waals surface area contributed by atoms with Gasteiger partial charge in [-0.3, -0.25) is 4.79 Å². The lowest BCUT2D eigenvalue weighted by Gasteiger charge is -2.23. The van der Waals surface area contributed by atoms with E-state index in [-0.39, 0.29) is 23.9 Å². The van der Waals surface area contributed by atoms with Crippen LogP contribution >= 0.6 is 15.9 Å². The molecule has 1 heterocycles. The molecule has 0 fully saturated rings. The number of aromatic nitrogens is 2.